The average molecular weight is 693 g/mol. The Bertz CT molecular complexity index is 835. The molecule has 0 aliphatic heterocycles. The smallest absolute Gasteiger partial charge is 0.741 e. The van der Waals surface area contributed by atoms with Crippen LogP contribution in [-0.4, -0.2) is 111 Å². The summed E-state index contributed by atoms with van der Waals surface area (Å²) in [6.45, 7) is 0. The standard InChI is InChI=1S/4CHF3O3S.Al.Ga/c4*2-1(3,4)8(5,6)7;;/h4*(H,5,6,7);;/q;;;;+1;+3/p-4. The molecule has 0 amide bonds. The van der Waals surface area contributed by atoms with Crippen LogP contribution in [0.1, 0.15) is 0 Å². The van der Waals surface area contributed by atoms with Crippen LogP contribution in [0.3, 0.4) is 0 Å². The first-order chi connectivity index (χ1) is 13.0. The molecule has 0 aromatic rings. The van der Waals surface area contributed by atoms with Gasteiger partial charge in [-0.05, 0) is 0 Å². The topological polar surface area (TPSA) is 229 Å². The molecule has 12 nitrogen and oxygen atoms in total. The molecular weight excluding hydrogens is 693 g/mol. The van der Waals surface area contributed by atoms with Crippen molar-refractivity contribution in [3.05, 3.63) is 0 Å². The molecule has 0 saturated heterocycles. The molecule has 2 radical (unpaired) electrons. The van der Waals surface area contributed by atoms with Crippen molar-refractivity contribution in [3.8, 4) is 0 Å². The third-order valence-electron chi connectivity index (χ3n) is 1.13. The summed E-state index contributed by atoms with van der Waals surface area (Å²) in [5, 5.41) is 0. The molecule has 0 spiro atoms. The van der Waals surface area contributed by atoms with Gasteiger partial charge in [0, 0.05) is 0 Å². The molecule has 0 aromatic carbocycles. The van der Waals surface area contributed by atoms with Crippen LogP contribution in [0, 0.1) is 0 Å². The fourth-order valence-electron chi connectivity index (χ4n) is 0. The molecule has 0 aliphatic rings. The van der Waals surface area contributed by atoms with E-state index in [4.69, 9.17) is 51.9 Å². The van der Waals surface area contributed by atoms with Crippen molar-refractivity contribution in [1.82, 2.24) is 0 Å². The normalized spacial score (nSPS) is 13.2. The van der Waals surface area contributed by atoms with Gasteiger partial charge < -0.3 is 18.2 Å². The molecule has 0 N–H and O–H groups in total. The fourth-order valence-corrected chi connectivity index (χ4v) is 0. The van der Waals surface area contributed by atoms with Crippen LogP contribution < -0.4 is 0 Å². The van der Waals surface area contributed by atoms with Gasteiger partial charge in [0.25, 0.3) is 0 Å². The van der Waals surface area contributed by atoms with E-state index in [1.54, 1.807) is 0 Å². The molecule has 202 valence electrons. The quantitative estimate of drug-likeness (QED) is 0.135. The molecule has 0 unspecified atom stereocenters. The van der Waals surface area contributed by atoms with E-state index >= 15 is 0 Å². The van der Waals surface area contributed by atoms with Crippen molar-refractivity contribution in [2.75, 3.05) is 0 Å². The molecule has 0 bridgehead atoms. The van der Waals surface area contributed by atoms with Crippen molar-refractivity contribution < 1.29 is 105 Å². The van der Waals surface area contributed by atoms with Crippen LogP contribution >= 0.6 is 0 Å². The molecule has 0 rings (SSSR count). The Morgan fingerprint density at radius 3 is 0.382 bits per heavy atom. The molecule has 0 saturated carbocycles. The van der Waals surface area contributed by atoms with Gasteiger partial charge in [-0.2, -0.15) is 52.7 Å². The van der Waals surface area contributed by atoms with E-state index in [9.17, 15) is 52.7 Å². The van der Waals surface area contributed by atoms with E-state index in [0.717, 1.165) is 0 Å². The summed E-state index contributed by atoms with van der Waals surface area (Å²) >= 11 is 0. The van der Waals surface area contributed by atoms with E-state index in [-0.39, 0.29) is 37.2 Å². The van der Waals surface area contributed by atoms with Crippen molar-refractivity contribution in [2.24, 2.45) is 0 Å². The molecule has 0 fully saturated rings. The first kappa shape index (κ1) is 47.2. The van der Waals surface area contributed by atoms with Gasteiger partial charge in [0.1, 0.15) is 0 Å². The molecule has 34 heavy (non-hydrogen) atoms. The number of alkyl halides is 12. The van der Waals surface area contributed by atoms with E-state index in [1.807, 2.05) is 0 Å². The van der Waals surface area contributed by atoms with Gasteiger partial charge in [-0.25, -0.2) is 33.7 Å². The average Bonchev–Trinajstić information content (AvgIpc) is 2.30. The minimum atomic E-state index is -6.09. The predicted octanol–water partition coefficient (Wildman–Crippen LogP) is -0.556. The Hall–Kier alpha value is -0.0312. The van der Waals surface area contributed by atoms with E-state index < -0.39 is 62.5 Å². The zero-order valence-electron chi connectivity index (χ0n) is 14.2. The summed E-state index contributed by atoms with van der Waals surface area (Å²) in [4.78, 5) is 0. The number of hydrogen-bond donors (Lipinski definition) is 0. The van der Waals surface area contributed by atoms with Gasteiger partial charge in [-0.3, -0.25) is 0 Å². The second-order valence-electron chi connectivity index (χ2n) is 3.60. The molecule has 30 heteroatoms. The minimum absolute atomic E-state index is 0. The molecule has 0 aliphatic carbocycles. The fraction of sp³-hybridized carbons (Fsp3) is 1.00. The summed E-state index contributed by atoms with van der Waals surface area (Å²) in [6.07, 6.45) is 0. The van der Waals surface area contributed by atoms with Gasteiger partial charge in [-0.15, -0.1) is 0 Å². The van der Waals surface area contributed by atoms with Gasteiger partial charge in [0.05, 0.1) is 0 Å². The van der Waals surface area contributed by atoms with Crippen molar-refractivity contribution in [2.45, 2.75) is 22.0 Å². The number of hydrogen-bond acceptors (Lipinski definition) is 12. The summed E-state index contributed by atoms with van der Waals surface area (Å²) in [5.41, 5.74) is -22.6. The van der Waals surface area contributed by atoms with Gasteiger partial charge in [-0.1, -0.05) is 0 Å². The third-order valence-corrected chi connectivity index (χ3v) is 3.40. The Labute approximate surface area is 203 Å². The Kier molecular flexibility index (Phi) is 20.3. The SMILES string of the molecule is O=S(=O)([O-])C(F)(F)F.O=S(=O)([O-])C(F)(F)F.O=S(=O)([O-])C(F)(F)F.O=S(=O)([O-])C(F)(F)F.[Al+].[Ga+3]. The minimum Gasteiger partial charge on any atom is -0.741 e. The first-order valence-electron chi connectivity index (χ1n) is 5.08. The van der Waals surface area contributed by atoms with E-state index in [0.29, 0.717) is 0 Å². The Morgan fingerprint density at radius 2 is 0.382 bits per heavy atom. The van der Waals surface area contributed by atoms with Crippen LogP contribution in [-0.2, 0) is 40.5 Å². The largest absolute Gasteiger partial charge is 3.00 e. The maximum Gasteiger partial charge on any atom is 3.00 e. The summed E-state index contributed by atoms with van der Waals surface area (Å²) in [7, 11) is -24.4. The van der Waals surface area contributed by atoms with Crippen molar-refractivity contribution in [1.29, 1.82) is 0 Å². The van der Waals surface area contributed by atoms with E-state index in [2.05, 4.69) is 0 Å². The zero-order chi connectivity index (χ0) is 28.0. The van der Waals surface area contributed by atoms with Crippen LogP contribution in [0.2, 0.25) is 0 Å². The second-order valence-corrected chi connectivity index (χ2v) is 9.08. The van der Waals surface area contributed by atoms with Gasteiger partial charge in [0.2, 0.25) is 0 Å². The maximum absolute atomic E-state index is 10.7. The summed E-state index contributed by atoms with van der Waals surface area (Å²) in [6, 6.07) is 0. The molecule has 0 aromatic heterocycles. The van der Waals surface area contributed by atoms with E-state index in [1.165, 1.54) is 0 Å². The van der Waals surface area contributed by atoms with Crippen LogP contribution in [0.15, 0.2) is 0 Å². The summed E-state index contributed by atoms with van der Waals surface area (Å²) in [5.74, 6) is 0. The van der Waals surface area contributed by atoms with Crippen molar-refractivity contribution in [3.63, 3.8) is 0 Å². The van der Waals surface area contributed by atoms with Crippen LogP contribution in [0.5, 0.6) is 0 Å². The third kappa shape index (κ3) is 23.7. The van der Waals surface area contributed by atoms with Gasteiger partial charge >= 0.3 is 59.2 Å². The Morgan fingerprint density at radius 1 is 0.353 bits per heavy atom. The maximum atomic E-state index is 10.7. The zero-order valence-corrected chi connectivity index (χ0v) is 21.1. The van der Waals surface area contributed by atoms with Crippen LogP contribution in [0.4, 0.5) is 52.7 Å². The predicted molar refractivity (Wildman–Crippen MR) is 74.5 cm³/mol. The number of rotatable bonds is 0. The molecule has 0 heterocycles. The monoisotopic (exact) mass is 692 g/mol. The second kappa shape index (κ2) is 14.6. The molecule has 0 atom stereocenters. The van der Waals surface area contributed by atoms with Crippen molar-refractivity contribution >= 4 is 77.6 Å². The summed E-state index contributed by atoms with van der Waals surface area (Å²) < 4.78 is 236. The first-order valence-corrected chi connectivity index (χ1v) is 10.7. The van der Waals surface area contributed by atoms with Crippen LogP contribution in [0.25, 0.3) is 0 Å². The Balaban J connectivity index is -0.0000000754. The number of halogens is 12. The molecular formula is C4AlF12GaO12S4. The van der Waals surface area contributed by atoms with Gasteiger partial charge in [0.15, 0.2) is 40.5 Å².